The molecule has 3 rings (SSSR count). The van der Waals surface area contributed by atoms with E-state index in [1.165, 1.54) is 17.4 Å². The first-order valence-electron chi connectivity index (χ1n) is 11.8. The van der Waals surface area contributed by atoms with Crippen molar-refractivity contribution in [3.05, 3.63) is 53.1 Å². The van der Waals surface area contributed by atoms with Crippen LogP contribution in [-0.2, 0) is 11.3 Å². The fraction of sp³-hybridized carbons (Fsp3) is 0.520. The summed E-state index contributed by atoms with van der Waals surface area (Å²) in [6, 6.07) is 2.47. The Hall–Kier alpha value is -2.94. The van der Waals surface area contributed by atoms with Gasteiger partial charge in [0.2, 0.25) is 5.91 Å². The van der Waals surface area contributed by atoms with Gasteiger partial charge in [-0.05, 0) is 45.2 Å². The zero-order valence-corrected chi connectivity index (χ0v) is 20.4. The number of hydrogen-bond acceptors (Lipinski definition) is 5. The molecule has 184 valence electrons. The molecular weight excluding hydrogens is 440 g/mol. The molecule has 0 fully saturated rings. The first-order chi connectivity index (χ1) is 16.2. The molecule has 0 saturated carbocycles. The van der Waals surface area contributed by atoms with Crippen molar-refractivity contribution in [2.24, 2.45) is 0 Å². The van der Waals surface area contributed by atoms with Gasteiger partial charge in [-0.1, -0.05) is 6.92 Å². The minimum Gasteiger partial charge on any atom is -0.334 e. The second kappa shape index (κ2) is 11.5. The molecule has 0 unspecified atom stereocenters. The van der Waals surface area contributed by atoms with Crippen molar-refractivity contribution in [1.29, 1.82) is 0 Å². The molecule has 9 heteroatoms. The van der Waals surface area contributed by atoms with Crippen LogP contribution in [0.4, 0.5) is 14.5 Å². The van der Waals surface area contributed by atoms with Crippen molar-refractivity contribution >= 4 is 17.5 Å². The van der Waals surface area contributed by atoms with Crippen LogP contribution in [0.2, 0.25) is 0 Å². The summed E-state index contributed by atoms with van der Waals surface area (Å²) in [6.07, 6.45) is 4.50. The second-order valence-electron chi connectivity index (χ2n) is 8.88. The maximum absolute atomic E-state index is 14.3. The van der Waals surface area contributed by atoms with Gasteiger partial charge < -0.3 is 14.7 Å². The number of halogens is 2. The third kappa shape index (κ3) is 5.94. The molecule has 0 atom stereocenters. The van der Waals surface area contributed by atoms with E-state index in [0.717, 1.165) is 25.2 Å². The van der Waals surface area contributed by atoms with Crippen LogP contribution in [0.3, 0.4) is 0 Å². The van der Waals surface area contributed by atoms with Crippen molar-refractivity contribution in [1.82, 2.24) is 19.8 Å². The summed E-state index contributed by atoms with van der Waals surface area (Å²) in [5, 5.41) is 0. The van der Waals surface area contributed by atoms with E-state index >= 15 is 0 Å². The summed E-state index contributed by atoms with van der Waals surface area (Å²) in [5.41, 5.74) is 1.61. The SMILES string of the molecule is CCC(=O)N1CCCN(C(C)C)CCCN(C(=O)c2cncnc2C)Cc2cc(F)c(F)cc21. The highest BCUT2D eigenvalue weighted by Gasteiger charge is 2.26. The summed E-state index contributed by atoms with van der Waals surface area (Å²) in [4.78, 5) is 39.9. The highest BCUT2D eigenvalue weighted by atomic mass is 19.2. The number of rotatable bonds is 3. The molecule has 0 aliphatic carbocycles. The number of carbonyl (C=O) groups excluding carboxylic acids is 2. The molecule has 0 N–H and O–H groups in total. The number of aromatic nitrogens is 2. The Kier molecular flexibility index (Phi) is 8.66. The lowest BCUT2D eigenvalue weighted by Crippen LogP contribution is -2.40. The number of carbonyl (C=O) groups is 2. The summed E-state index contributed by atoms with van der Waals surface area (Å²) >= 11 is 0. The molecule has 34 heavy (non-hydrogen) atoms. The van der Waals surface area contributed by atoms with Gasteiger partial charge >= 0.3 is 0 Å². The Morgan fingerprint density at radius 3 is 2.38 bits per heavy atom. The van der Waals surface area contributed by atoms with E-state index in [9.17, 15) is 18.4 Å². The second-order valence-corrected chi connectivity index (χ2v) is 8.88. The van der Waals surface area contributed by atoms with Gasteiger partial charge in [-0.25, -0.2) is 18.7 Å². The van der Waals surface area contributed by atoms with Crippen molar-refractivity contribution in [2.45, 2.75) is 59.5 Å². The van der Waals surface area contributed by atoms with Crippen LogP contribution < -0.4 is 4.90 Å². The maximum atomic E-state index is 14.3. The fourth-order valence-electron chi connectivity index (χ4n) is 4.28. The molecule has 1 aliphatic heterocycles. The predicted molar refractivity (Wildman–Crippen MR) is 126 cm³/mol. The van der Waals surface area contributed by atoms with Crippen molar-refractivity contribution < 1.29 is 18.4 Å². The molecular formula is C25H33F2N5O2. The average molecular weight is 474 g/mol. The standard InChI is InChI=1S/C25H33F2N5O2/c1-5-24(33)32-11-7-9-30(17(2)3)8-6-10-31(25(34)20-14-28-16-29-18(20)4)15-19-12-21(26)22(27)13-23(19)32/h12-14,16-17H,5-11,15H2,1-4H3. The van der Waals surface area contributed by atoms with Gasteiger partial charge in [-0.3, -0.25) is 9.59 Å². The van der Waals surface area contributed by atoms with Crippen LogP contribution in [0.25, 0.3) is 0 Å². The zero-order valence-electron chi connectivity index (χ0n) is 20.4. The Morgan fingerprint density at radius 1 is 1.06 bits per heavy atom. The summed E-state index contributed by atoms with van der Waals surface area (Å²) < 4.78 is 28.7. The molecule has 1 aromatic heterocycles. The lowest BCUT2D eigenvalue weighted by molar-refractivity contribution is -0.118. The number of anilines is 1. The lowest BCUT2D eigenvalue weighted by atomic mass is 10.1. The third-order valence-corrected chi connectivity index (χ3v) is 6.24. The van der Waals surface area contributed by atoms with Crippen molar-refractivity contribution in [2.75, 3.05) is 31.1 Å². The molecule has 1 aromatic carbocycles. The van der Waals surface area contributed by atoms with E-state index in [2.05, 4.69) is 28.7 Å². The summed E-state index contributed by atoms with van der Waals surface area (Å²) in [6.45, 7) is 10.1. The number of fused-ring (bicyclic) bond motifs is 1. The normalized spacial score (nSPS) is 16.1. The van der Waals surface area contributed by atoms with E-state index in [4.69, 9.17) is 0 Å². The van der Waals surface area contributed by atoms with E-state index in [1.54, 1.807) is 18.7 Å². The third-order valence-electron chi connectivity index (χ3n) is 6.24. The molecule has 2 heterocycles. The van der Waals surface area contributed by atoms with Crippen LogP contribution in [0.5, 0.6) is 0 Å². The molecule has 2 amide bonds. The predicted octanol–water partition coefficient (Wildman–Crippen LogP) is 3.95. The van der Waals surface area contributed by atoms with Crippen molar-refractivity contribution in [3.63, 3.8) is 0 Å². The maximum Gasteiger partial charge on any atom is 0.257 e. The summed E-state index contributed by atoms with van der Waals surface area (Å²) in [5.74, 6) is -2.48. The highest BCUT2D eigenvalue weighted by molar-refractivity contribution is 5.96. The van der Waals surface area contributed by atoms with Crippen molar-refractivity contribution in [3.8, 4) is 0 Å². The smallest absolute Gasteiger partial charge is 0.257 e. The molecule has 2 aromatic rings. The molecule has 7 nitrogen and oxygen atoms in total. The van der Waals surface area contributed by atoms with Gasteiger partial charge in [-0.15, -0.1) is 0 Å². The molecule has 0 spiro atoms. The van der Waals surface area contributed by atoms with E-state index in [1.807, 2.05) is 0 Å². The van der Waals surface area contributed by atoms with Gasteiger partial charge in [0.1, 0.15) is 6.33 Å². The Labute approximate surface area is 199 Å². The Bertz CT molecular complexity index is 1030. The van der Waals surface area contributed by atoms with Crippen LogP contribution >= 0.6 is 0 Å². The molecule has 0 saturated heterocycles. The molecule has 0 bridgehead atoms. The van der Waals surface area contributed by atoms with Gasteiger partial charge in [0.05, 0.1) is 16.9 Å². The van der Waals surface area contributed by atoms with E-state index < -0.39 is 11.6 Å². The Morgan fingerprint density at radius 2 is 1.74 bits per heavy atom. The van der Waals surface area contributed by atoms with Crippen LogP contribution in [0.1, 0.15) is 61.6 Å². The number of benzene rings is 1. The van der Waals surface area contributed by atoms with Crippen LogP contribution in [0.15, 0.2) is 24.7 Å². The highest BCUT2D eigenvalue weighted by Crippen LogP contribution is 2.28. The molecule has 1 aliphatic rings. The minimum atomic E-state index is -1.02. The van der Waals surface area contributed by atoms with E-state index in [0.29, 0.717) is 54.5 Å². The average Bonchev–Trinajstić information content (AvgIpc) is 2.80. The fourth-order valence-corrected chi connectivity index (χ4v) is 4.28. The number of aryl methyl sites for hydroxylation is 1. The number of hydrogen-bond donors (Lipinski definition) is 0. The topological polar surface area (TPSA) is 69.6 Å². The van der Waals surface area contributed by atoms with Crippen LogP contribution in [0, 0.1) is 18.6 Å². The number of nitrogens with zero attached hydrogens (tertiary/aromatic N) is 5. The largest absolute Gasteiger partial charge is 0.334 e. The number of amides is 2. The van der Waals surface area contributed by atoms with Gasteiger partial charge in [0.25, 0.3) is 5.91 Å². The monoisotopic (exact) mass is 473 g/mol. The van der Waals surface area contributed by atoms with Gasteiger partial charge in [-0.2, -0.15) is 0 Å². The first-order valence-corrected chi connectivity index (χ1v) is 11.8. The van der Waals surface area contributed by atoms with Gasteiger partial charge in [0.15, 0.2) is 11.6 Å². The summed E-state index contributed by atoms with van der Waals surface area (Å²) in [7, 11) is 0. The van der Waals surface area contributed by atoms with Gasteiger partial charge in [0, 0.05) is 57.4 Å². The first kappa shape index (κ1) is 25.7. The lowest BCUT2D eigenvalue weighted by Gasteiger charge is -2.33. The zero-order chi connectivity index (χ0) is 24.8. The quantitative estimate of drug-likeness (QED) is 0.675. The Balaban J connectivity index is 2.07. The minimum absolute atomic E-state index is 0.0366. The van der Waals surface area contributed by atoms with Crippen LogP contribution in [-0.4, -0.2) is 63.8 Å². The molecule has 0 radical (unpaired) electrons. The van der Waals surface area contributed by atoms with E-state index in [-0.39, 0.29) is 24.8 Å².